The number of hydrogen-bond donors (Lipinski definition) is 0. The third-order valence-corrected chi connectivity index (χ3v) is 5.92. The summed E-state index contributed by atoms with van der Waals surface area (Å²) in [6.45, 7) is 3.04. The van der Waals surface area contributed by atoms with Gasteiger partial charge in [0.05, 0.1) is 19.0 Å². The minimum atomic E-state index is -0.0192. The van der Waals surface area contributed by atoms with E-state index in [1.807, 2.05) is 53.4 Å². The van der Waals surface area contributed by atoms with Gasteiger partial charge in [0.25, 0.3) is 5.91 Å². The summed E-state index contributed by atoms with van der Waals surface area (Å²) in [7, 11) is 1.67. The fourth-order valence-corrected chi connectivity index (χ4v) is 4.21. The Bertz CT molecular complexity index is 1220. The van der Waals surface area contributed by atoms with E-state index in [2.05, 4.69) is 27.1 Å². The molecule has 7 nitrogen and oxygen atoms in total. The zero-order valence-electron chi connectivity index (χ0n) is 18.0. The molecule has 5 rings (SSSR count). The molecule has 3 heterocycles. The largest absolute Gasteiger partial charge is 0.497 e. The van der Waals surface area contributed by atoms with Gasteiger partial charge in [-0.3, -0.25) is 4.79 Å². The number of hydrogen-bond acceptors (Lipinski definition) is 5. The van der Waals surface area contributed by atoms with Gasteiger partial charge in [0, 0.05) is 43.6 Å². The first-order valence-electron chi connectivity index (χ1n) is 10.8. The summed E-state index contributed by atoms with van der Waals surface area (Å²) in [5.41, 5.74) is 4.22. The molecule has 4 aromatic rings. The van der Waals surface area contributed by atoms with Crippen molar-refractivity contribution in [2.45, 2.75) is 6.42 Å². The Balaban J connectivity index is 1.36. The predicted octanol–water partition coefficient (Wildman–Crippen LogP) is 3.76. The highest BCUT2D eigenvalue weighted by Crippen LogP contribution is 2.23. The van der Waals surface area contributed by atoms with E-state index in [1.54, 1.807) is 24.0 Å². The second kappa shape index (κ2) is 8.70. The highest BCUT2D eigenvalue weighted by molar-refractivity contribution is 6.00. The SMILES string of the molecule is COc1ccc(N2CCCN(C(=O)c3cnn4c(-c5ccccc5)ccnc34)CC2)cc1. The van der Waals surface area contributed by atoms with E-state index in [-0.39, 0.29) is 5.91 Å². The molecule has 1 fully saturated rings. The van der Waals surface area contributed by atoms with Crippen LogP contribution in [0.15, 0.2) is 73.1 Å². The lowest BCUT2D eigenvalue weighted by atomic mass is 10.1. The van der Waals surface area contributed by atoms with Gasteiger partial charge >= 0.3 is 0 Å². The average molecular weight is 428 g/mol. The van der Waals surface area contributed by atoms with Gasteiger partial charge in [-0.15, -0.1) is 0 Å². The molecular formula is C25H25N5O2. The minimum Gasteiger partial charge on any atom is -0.497 e. The first kappa shape index (κ1) is 20.1. The van der Waals surface area contributed by atoms with E-state index in [0.717, 1.165) is 42.2 Å². The second-order valence-corrected chi connectivity index (χ2v) is 7.82. The monoisotopic (exact) mass is 427 g/mol. The third kappa shape index (κ3) is 3.77. The van der Waals surface area contributed by atoms with Crippen LogP contribution in [-0.4, -0.2) is 58.7 Å². The van der Waals surface area contributed by atoms with Crippen molar-refractivity contribution in [1.82, 2.24) is 19.5 Å². The zero-order chi connectivity index (χ0) is 21.9. The minimum absolute atomic E-state index is 0.0192. The summed E-state index contributed by atoms with van der Waals surface area (Å²) in [6.07, 6.45) is 4.28. The van der Waals surface area contributed by atoms with Crippen LogP contribution in [0.25, 0.3) is 16.9 Å². The Labute approximate surface area is 186 Å². The quantitative estimate of drug-likeness (QED) is 0.496. The summed E-state index contributed by atoms with van der Waals surface area (Å²) < 4.78 is 7.01. The highest BCUT2D eigenvalue weighted by atomic mass is 16.5. The average Bonchev–Trinajstić information content (AvgIpc) is 3.13. The van der Waals surface area contributed by atoms with Crippen molar-refractivity contribution >= 4 is 17.2 Å². The Hall–Kier alpha value is -3.87. The van der Waals surface area contributed by atoms with Crippen LogP contribution in [0.1, 0.15) is 16.8 Å². The first-order valence-corrected chi connectivity index (χ1v) is 10.8. The lowest BCUT2D eigenvalue weighted by Crippen LogP contribution is -2.35. The van der Waals surface area contributed by atoms with Gasteiger partial charge in [0.1, 0.15) is 11.3 Å². The van der Waals surface area contributed by atoms with Crippen LogP contribution >= 0.6 is 0 Å². The van der Waals surface area contributed by atoms with Crippen molar-refractivity contribution < 1.29 is 9.53 Å². The maximum atomic E-state index is 13.4. The topological polar surface area (TPSA) is 63.0 Å². The number of fused-ring (bicyclic) bond motifs is 1. The first-order chi connectivity index (χ1) is 15.7. The van der Waals surface area contributed by atoms with Crippen molar-refractivity contribution in [1.29, 1.82) is 0 Å². The summed E-state index contributed by atoms with van der Waals surface area (Å²) >= 11 is 0. The third-order valence-electron chi connectivity index (χ3n) is 5.92. The summed E-state index contributed by atoms with van der Waals surface area (Å²) in [5.74, 6) is 0.824. The van der Waals surface area contributed by atoms with E-state index in [1.165, 1.54) is 0 Å². The number of carbonyl (C=O) groups excluding carboxylic acids is 1. The van der Waals surface area contributed by atoms with Crippen molar-refractivity contribution in [3.63, 3.8) is 0 Å². The molecule has 0 radical (unpaired) electrons. The van der Waals surface area contributed by atoms with Crippen molar-refractivity contribution in [3.8, 4) is 17.0 Å². The molecular weight excluding hydrogens is 402 g/mol. The maximum absolute atomic E-state index is 13.4. The molecule has 32 heavy (non-hydrogen) atoms. The van der Waals surface area contributed by atoms with Gasteiger partial charge in [-0.25, -0.2) is 9.50 Å². The van der Waals surface area contributed by atoms with E-state index >= 15 is 0 Å². The van der Waals surface area contributed by atoms with Crippen LogP contribution in [0, 0.1) is 0 Å². The normalized spacial score (nSPS) is 14.4. The molecule has 1 saturated heterocycles. The highest BCUT2D eigenvalue weighted by Gasteiger charge is 2.24. The van der Waals surface area contributed by atoms with Crippen LogP contribution in [0.4, 0.5) is 5.69 Å². The molecule has 0 saturated carbocycles. The predicted molar refractivity (Wildman–Crippen MR) is 124 cm³/mol. The summed E-state index contributed by atoms with van der Waals surface area (Å²) in [5, 5.41) is 4.50. The number of benzene rings is 2. The molecule has 1 aliphatic rings. The molecule has 0 unspecified atom stereocenters. The standard InChI is InChI=1S/C25H25N5O2/c1-32-21-10-8-20(9-11-21)28-14-5-15-29(17-16-28)25(31)22-18-27-30-23(12-13-26-24(22)30)19-6-3-2-4-7-19/h2-4,6-13,18H,5,14-17H2,1H3. The Morgan fingerprint density at radius 1 is 0.938 bits per heavy atom. The number of carbonyl (C=O) groups is 1. The fourth-order valence-electron chi connectivity index (χ4n) is 4.21. The van der Waals surface area contributed by atoms with Crippen molar-refractivity contribution in [2.75, 3.05) is 38.2 Å². The lowest BCUT2D eigenvalue weighted by molar-refractivity contribution is 0.0768. The maximum Gasteiger partial charge on any atom is 0.259 e. The van der Waals surface area contributed by atoms with Crippen LogP contribution in [0.3, 0.4) is 0 Å². The van der Waals surface area contributed by atoms with Crippen LogP contribution in [0.5, 0.6) is 5.75 Å². The molecule has 2 aromatic heterocycles. The molecule has 1 aliphatic heterocycles. The van der Waals surface area contributed by atoms with Gasteiger partial charge in [0.2, 0.25) is 0 Å². The fraction of sp³-hybridized carbons (Fsp3) is 0.240. The van der Waals surface area contributed by atoms with Crippen molar-refractivity contribution in [3.05, 3.63) is 78.6 Å². The smallest absolute Gasteiger partial charge is 0.259 e. The molecule has 162 valence electrons. The van der Waals surface area contributed by atoms with E-state index < -0.39 is 0 Å². The number of amides is 1. The van der Waals surface area contributed by atoms with E-state index in [4.69, 9.17) is 4.74 Å². The second-order valence-electron chi connectivity index (χ2n) is 7.82. The van der Waals surface area contributed by atoms with Gasteiger partial charge in [-0.2, -0.15) is 5.10 Å². The Kier molecular flexibility index (Phi) is 5.46. The Morgan fingerprint density at radius 2 is 1.75 bits per heavy atom. The van der Waals surface area contributed by atoms with Gasteiger partial charge < -0.3 is 14.5 Å². The number of anilines is 1. The van der Waals surface area contributed by atoms with E-state index in [9.17, 15) is 4.79 Å². The summed E-state index contributed by atoms with van der Waals surface area (Å²) in [6, 6.07) is 20.0. The van der Waals surface area contributed by atoms with Gasteiger partial charge in [-0.1, -0.05) is 30.3 Å². The molecule has 0 aliphatic carbocycles. The van der Waals surface area contributed by atoms with Gasteiger partial charge in [-0.05, 0) is 36.8 Å². The molecule has 0 spiro atoms. The van der Waals surface area contributed by atoms with Gasteiger partial charge in [0.15, 0.2) is 5.65 Å². The zero-order valence-corrected chi connectivity index (χ0v) is 18.0. The molecule has 2 aromatic carbocycles. The van der Waals surface area contributed by atoms with Crippen LogP contribution in [-0.2, 0) is 0 Å². The summed E-state index contributed by atoms with van der Waals surface area (Å²) in [4.78, 5) is 22.1. The van der Waals surface area contributed by atoms with E-state index in [0.29, 0.717) is 24.3 Å². The number of rotatable bonds is 4. The number of methoxy groups -OCH3 is 1. The lowest BCUT2D eigenvalue weighted by Gasteiger charge is -2.23. The molecule has 1 amide bonds. The number of aromatic nitrogens is 3. The number of nitrogens with zero attached hydrogens (tertiary/aromatic N) is 5. The van der Waals surface area contributed by atoms with Crippen molar-refractivity contribution in [2.24, 2.45) is 0 Å². The molecule has 0 N–H and O–H groups in total. The molecule has 0 bridgehead atoms. The Morgan fingerprint density at radius 3 is 2.53 bits per heavy atom. The molecule has 7 heteroatoms. The molecule has 0 atom stereocenters. The van der Waals surface area contributed by atoms with Crippen LogP contribution < -0.4 is 9.64 Å². The number of ether oxygens (including phenoxy) is 1. The van der Waals surface area contributed by atoms with Crippen LogP contribution in [0.2, 0.25) is 0 Å².